The van der Waals surface area contributed by atoms with Crippen LogP contribution in [0.4, 0.5) is 0 Å². The average Bonchev–Trinajstić information content (AvgIpc) is 1.62. The quantitative estimate of drug-likeness (QED) is 0.0942. The van der Waals surface area contributed by atoms with E-state index in [1.807, 2.05) is 69.6 Å². The van der Waals surface area contributed by atoms with Crippen molar-refractivity contribution in [1.29, 1.82) is 0 Å². The monoisotopic (exact) mass is 1700 g/mol. The van der Waals surface area contributed by atoms with Crippen molar-refractivity contribution in [3.8, 4) is 90.3 Å². The van der Waals surface area contributed by atoms with E-state index in [0.29, 0.717) is 35.4 Å². The Labute approximate surface area is 746 Å². The van der Waals surface area contributed by atoms with E-state index < -0.39 is 0 Å². The molecule has 24 rings (SSSR count). The van der Waals surface area contributed by atoms with Gasteiger partial charge in [-0.2, -0.15) is 0 Å². The molecule has 0 aliphatic heterocycles. The predicted molar refractivity (Wildman–Crippen MR) is 536 cm³/mol. The number of nitrogens with zero attached hydrogens (tertiary/aromatic N) is 4. The predicted octanol–water partition coefficient (Wildman–Crippen LogP) is 34.7. The first-order valence-electron chi connectivity index (χ1n) is 43.6. The van der Waals surface area contributed by atoms with E-state index in [1.165, 1.54) is 154 Å². The number of rotatable bonds is 16. The number of aromatic nitrogens is 4. The van der Waals surface area contributed by atoms with Gasteiger partial charge >= 0.3 is 0 Å². The van der Waals surface area contributed by atoms with Crippen molar-refractivity contribution in [2.75, 3.05) is 0 Å². The van der Waals surface area contributed by atoms with Crippen molar-refractivity contribution in [3.05, 3.63) is 362 Å². The van der Waals surface area contributed by atoms with Gasteiger partial charge in [-0.05, 0) is 201 Å². The lowest BCUT2D eigenvalue weighted by molar-refractivity contribution is 0.599. The maximum atomic E-state index is 6.23. The molecule has 0 saturated carbocycles. The maximum Gasteiger partial charge on any atom is 0.227 e. The Balaban J connectivity index is 0.000000103. The lowest BCUT2D eigenvalue weighted by Crippen LogP contribution is -1.93. The van der Waals surface area contributed by atoms with Crippen LogP contribution in [0.5, 0.6) is 0 Å². The molecular formula is C114H88N4O4S4. The highest BCUT2D eigenvalue weighted by Crippen LogP contribution is 2.47. The van der Waals surface area contributed by atoms with Gasteiger partial charge in [-0.1, -0.05) is 297 Å². The second kappa shape index (κ2) is 34.4. The first-order valence-corrected chi connectivity index (χ1v) is 46.8. The summed E-state index contributed by atoms with van der Waals surface area (Å²) < 4.78 is 35.5. The lowest BCUT2D eigenvalue weighted by atomic mass is 10.0. The fourth-order valence-electron chi connectivity index (χ4n) is 17.6. The minimum absolute atomic E-state index is 0.397. The van der Waals surface area contributed by atoms with E-state index >= 15 is 0 Å². The van der Waals surface area contributed by atoms with Gasteiger partial charge in [-0.15, -0.1) is 45.3 Å². The van der Waals surface area contributed by atoms with Crippen LogP contribution in [0.15, 0.2) is 357 Å². The van der Waals surface area contributed by atoms with Gasteiger partial charge in [0.05, 0.1) is 0 Å². The highest BCUT2D eigenvalue weighted by Gasteiger charge is 2.22. The Bertz CT molecular complexity index is 8130. The summed E-state index contributed by atoms with van der Waals surface area (Å²) in [7, 11) is 0. The van der Waals surface area contributed by atoms with Crippen LogP contribution in [0.2, 0.25) is 0 Å². The van der Waals surface area contributed by atoms with E-state index in [0.717, 1.165) is 98.8 Å². The standard InChI is InChI=1S/2C29H23NOS.2C28H21NOS/c1-18(2)17-21-7-5-11-25-27(21)31-29(30-25)20-15-13-19(14-16-20)22-9-6-10-24-23-8-3-4-12-26(23)32-28(22)24;1-2-3-8-20-9-6-13-25-27(20)31-29(30-25)21-17-15-19(16-18-21)22-11-7-12-24-23-10-4-5-14-26(23)32-28(22)24;1-17(2)20-8-6-11-24-26(20)30-28(29-24)19-15-13-18(14-16-19)21-9-5-10-23-22-7-3-4-12-25(22)31-27(21)23;1-2-7-19-8-5-12-24-26(19)30-28(29-24)20-16-14-18(15-17-20)21-10-6-11-23-22-9-3-4-13-25(22)31-27(21)23/h3-16,18H,17H2,1-2H3;4-7,9-18H,2-3,8H2,1H3;3-17H,1-2H3;3-6,8-17H,2,7H2,1H3. The van der Waals surface area contributed by atoms with Crippen molar-refractivity contribution >= 4 is 170 Å². The molecule has 0 N–H and O–H groups in total. The average molecular weight is 1710 g/mol. The van der Waals surface area contributed by atoms with Crippen LogP contribution in [-0.2, 0) is 19.3 Å². The lowest BCUT2D eigenvalue weighted by Gasteiger charge is -2.05. The number of unbranched alkanes of at least 4 members (excludes halogenated alkanes) is 1. The van der Waals surface area contributed by atoms with Crippen LogP contribution in [0.25, 0.3) is 215 Å². The molecule has 8 aromatic heterocycles. The highest BCUT2D eigenvalue weighted by atomic mass is 32.1. The van der Waals surface area contributed by atoms with Crippen LogP contribution < -0.4 is 0 Å². The molecule has 0 atom stereocenters. The van der Waals surface area contributed by atoms with Crippen molar-refractivity contribution in [3.63, 3.8) is 0 Å². The number of aryl methyl sites for hydroxylation is 2. The summed E-state index contributed by atoms with van der Waals surface area (Å²) in [5, 5.41) is 10.6. The molecule has 0 amide bonds. The fraction of sp³-hybridized carbons (Fsp3) is 0.123. The number of hydrogen-bond acceptors (Lipinski definition) is 12. The minimum Gasteiger partial charge on any atom is -0.436 e. The summed E-state index contributed by atoms with van der Waals surface area (Å²) in [6.07, 6.45) is 6.44. The molecule has 0 spiro atoms. The van der Waals surface area contributed by atoms with Gasteiger partial charge in [0.1, 0.15) is 22.1 Å². The summed E-state index contributed by atoms with van der Waals surface area (Å²) in [5.74, 6) is 3.71. The third-order valence-electron chi connectivity index (χ3n) is 23.9. The molecule has 612 valence electrons. The largest absolute Gasteiger partial charge is 0.436 e. The first kappa shape index (κ1) is 79.5. The molecule has 8 nitrogen and oxygen atoms in total. The third-order valence-corrected chi connectivity index (χ3v) is 28.8. The molecule has 0 bridgehead atoms. The summed E-state index contributed by atoms with van der Waals surface area (Å²) in [6.45, 7) is 13.2. The van der Waals surface area contributed by atoms with Gasteiger partial charge in [0.15, 0.2) is 22.3 Å². The van der Waals surface area contributed by atoms with Gasteiger partial charge in [-0.25, -0.2) is 19.9 Å². The zero-order valence-electron chi connectivity index (χ0n) is 70.8. The molecule has 0 radical (unpaired) electrons. The van der Waals surface area contributed by atoms with Gasteiger partial charge in [0.25, 0.3) is 0 Å². The third kappa shape index (κ3) is 15.3. The van der Waals surface area contributed by atoms with Gasteiger partial charge in [0, 0.05) is 103 Å². The number of hydrogen-bond donors (Lipinski definition) is 0. The minimum atomic E-state index is 0.397. The molecule has 0 aliphatic rings. The van der Waals surface area contributed by atoms with Crippen molar-refractivity contribution < 1.29 is 17.7 Å². The topological polar surface area (TPSA) is 104 Å². The van der Waals surface area contributed by atoms with Gasteiger partial charge in [0.2, 0.25) is 23.6 Å². The second-order valence-electron chi connectivity index (χ2n) is 33.1. The van der Waals surface area contributed by atoms with Crippen LogP contribution in [0, 0.1) is 5.92 Å². The van der Waals surface area contributed by atoms with E-state index in [1.54, 1.807) is 0 Å². The zero-order chi connectivity index (χ0) is 84.9. The van der Waals surface area contributed by atoms with Crippen LogP contribution in [0.1, 0.15) is 89.0 Å². The van der Waals surface area contributed by atoms with Crippen LogP contribution in [0.3, 0.4) is 0 Å². The van der Waals surface area contributed by atoms with Crippen LogP contribution in [-0.4, -0.2) is 19.9 Å². The molecule has 0 saturated heterocycles. The Kier molecular flexibility index (Phi) is 21.7. The molecule has 8 heterocycles. The SMILES string of the molecule is CC(C)Cc1cccc2nc(-c3ccc(-c4cccc5c4sc4ccccc45)cc3)oc12.CC(C)c1cccc2nc(-c3ccc(-c4cccc5c4sc4ccccc45)cc3)oc12.CCCCc1cccc2nc(-c3ccc(-c4cccc5c4sc4ccccc45)cc3)oc12.CCCc1cccc2nc(-c3ccc(-c4cccc5c4sc4ccccc45)cc3)oc12. The summed E-state index contributed by atoms with van der Waals surface area (Å²) in [5.41, 5.74) is 26.2. The second-order valence-corrected chi connectivity index (χ2v) is 37.3. The van der Waals surface area contributed by atoms with Gasteiger partial charge < -0.3 is 17.7 Å². The maximum absolute atomic E-state index is 6.23. The summed E-state index contributed by atoms with van der Waals surface area (Å²) in [4.78, 5) is 19.0. The Hall–Kier alpha value is -13.7. The van der Waals surface area contributed by atoms with Crippen molar-refractivity contribution in [2.45, 2.75) is 86.0 Å². The first-order chi connectivity index (χ1) is 62.0. The molecule has 16 aromatic carbocycles. The molecule has 24 aromatic rings. The van der Waals surface area contributed by atoms with E-state index in [2.05, 4.69) is 357 Å². The Morgan fingerprint density at radius 1 is 0.246 bits per heavy atom. The van der Waals surface area contributed by atoms with Crippen LogP contribution >= 0.6 is 45.3 Å². The number of para-hydroxylation sites is 4. The number of fused-ring (bicyclic) bond motifs is 16. The van der Waals surface area contributed by atoms with Crippen molar-refractivity contribution in [1.82, 2.24) is 19.9 Å². The highest BCUT2D eigenvalue weighted by molar-refractivity contribution is 7.27. The number of benzene rings is 16. The Morgan fingerprint density at radius 3 is 0.833 bits per heavy atom. The number of thiophene rings is 4. The van der Waals surface area contributed by atoms with E-state index in [-0.39, 0.29) is 0 Å². The molecule has 126 heavy (non-hydrogen) atoms. The zero-order valence-corrected chi connectivity index (χ0v) is 74.0. The molecule has 0 unspecified atom stereocenters. The normalized spacial score (nSPS) is 11.7. The van der Waals surface area contributed by atoms with Crippen molar-refractivity contribution in [2.24, 2.45) is 5.92 Å². The van der Waals surface area contributed by atoms with Gasteiger partial charge in [-0.3, -0.25) is 0 Å². The smallest absolute Gasteiger partial charge is 0.227 e. The molecular weight excluding hydrogens is 1620 g/mol. The molecule has 0 fully saturated rings. The molecule has 12 heteroatoms. The van der Waals surface area contributed by atoms with E-state index in [9.17, 15) is 0 Å². The number of oxazole rings is 4. The summed E-state index contributed by atoms with van der Waals surface area (Å²) >= 11 is 7.45. The molecule has 0 aliphatic carbocycles. The Morgan fingerprint density at radius 2 is 0.516 bits per heavy atom. The van der Waals surface area contributed by atoms with E-state index in [4.69, 9.17) is 37.6 Å². The fourth-order valence-corrected chi connectivity index (χ4v) is 22.6. The summed E-state index contributed by atoms with van der Waals surface area (Å²) in [6, 6.07) is 120.